The van der Waals surface area contributed by atoms with Crippen LogP contribution in [0.25, 0.3) is 0 Å². The van der Waals surface area contributed by atoms with Crippen LogP contribution in [-0.4, -0.2) is 31.0 Å². The first-order valence-electron chi connectivity index (χ1n) is 3.53. The van der Waals surface area contributed by atoms with Gasteiger partial charge < -0.3 is 10.1 Å². The summed E-state index contributed by atoms with van der Waals surface area (Å²) in [7, 11) is 0. The molecule has 0 saturated carbocycles. The van der Waals surface area contributed by atoms with Gasteiger partial charge >= 0.3 is 6.18 Å². The molecule has 0 aromatic heterocycles. The van der Waals surface area contributed by atoms with E-state index >= 15 is 0 Å². The molecule has 2 aliphatic heterocycles. The smallest absolute Gasteiger partial charge is 0.362 e. The monoisotopic (exact) mass is 203 g/mol. The molecule has 0 unspecified atom stereocenters. The molecule has 2 aliphatic rings. The second-order valence-corrected chi connectivity index (χ2v) is 2.97. The number of hydrogen-bond donors (Lipinski definition) is 1. The molecule has 2 bridgehead atoms. The van der Waals surface area contributed by atoms with Gasteiger partial charge in [0.2, 0.25) is 0 Å². The minimum Gasteiger partial charge on any atom is -0.362 e. The predicted octanol–water partition coefficient (Wildman–Crippen LogP) is 1.10. The van der Waals surface area contributed by atoms with E-state index in [2.05, 4.69) is 5.32 Å². The Morgan fingerprint density at radius 3 is 2.25 bits per heavy atom. The quantitative estimate of drug-likeness (QED) is 0.637. The number of hydrogen-bond acceptors (Lipinski definition) is 2. The van der Waals surface area contributed by atoms with Gasteiger partial charge in [-0.25, -0.2) is 0 Å². The third kappa shape index (κ3) is 1.53. The van der Waals surface area contributed by atoms with Crippen molar-refractivity contribution in [1.82, 2.24) is 5.32 Å². The van der Waals surface area contributed by atoms with Gasteiger partial charge in [0.25, 0.3) is 0 Å². The second-order valence-electron chi connectivity index (χ2n) is 2.97. The summed E-state index contributed by atoms with van der Waals surface area (Å²) in [6.07, 6.45) is -5.48. The van der Waals surface area contributed by atoms with Crippen molar-refractivity contribution in [3.05, 3.63) is 0 Å². The Balaban J connectivity index is 0.000000720. The summed E-state index contributed by atoms with van der Waals surface area (Å²) in [5.41, 5.74) is 0. The van der Waals surface area contributed by atoms with E-state index in [0.29, 0.717) is 13.0 Å². The number of halogens is 4. The maximum absolute atomic E-state index is 12.1. The van der Waals surface area contributed by atoms with Gasteiger partial charge in [0.15, 0.2) is 6.10 Å². The lowest BCUT2D eigenvalue weighted by Gasteiger charge is -2.25. The Morgan fingerprint density at radius 1 is 1.33 bits per heavy atom. The first kappa shape index (κ1) is 10.1. The van der Waals surface area contributed by atoms with E-state index < -0.39 is 18.3 Å². The number of ether oxygens (including phenoxy) is 1. The summed E-state index contributed by atoms with van der Waals surface area (Å²) in [6, 6.07) is -0.500. The highest BCUT2D eigenvalue weighted by molar-refractivity contribution is 5.85. The van der Waals surface area contributed by atoms with Crippen LogP contribution in [0.1, 0.15) is 6.42 Å². The van der Waals surface area contributed by atoms with Crippen molar-refractivity contribution in [3.8, 4) is 0 Å². The molecule has 6 heteroatoms. The summed E-state index contributed by atoms with van der Waals surface area (Å²) in [5.74, 6) is 0. The lowest BCUT2D eigenvalue weighted by atomic mass is 10.1. The number of alkyl halides is 3. The highest BCUT2D eigenvalue weighted by atomic mass is 35.5. The fourth-order valence-corrected chi connectivity index (χ4v) is 1.67. The summed E-state index contributed by atoms with van der Waals surface area (Å²) in [6.45, 7) is 0.567. The minimum atomic E-state index is -4.20. The largest absolute Gasteiger partial charge is 0.416 e. The van der Waals surface area contributed by atoms with E-state index in [1.807, 2.05) is 0 Å². The van der Waals surface area contributed by atoms with Crippen molar-refractivity contribution in [3.63, 3.8) is 0 Å². The van der Waals surface area contributed by atoms with E-state index in [4.69, 9.17) is 4.74 Å². The third-order valence-electron chi connectivity index (χ3n) is 2.15. The molecular weight excluding hydrogens is 195 g/mol. The zero-order valence-corrected chi connectivity index (χ0v) is 6.91. The molecule has 0 amide bonds. The van der Waals surface area contributed by atoms with Crippen LogP contribution in [0, 0.1) is 0 Å². The molecule has 2 rings (SSSR count). The van der Waals surface area contributed by atoms with Gasteiger partial charge in [-0.3, -0.25) is 0 Å². The Labute approximate surface area is 73.9 Å². The van der Waals surface area contributed by atoms with Crippen LogP contribution in [-0.2, 0) is 4.74 Å². The van der Waals surface area contributed by atoms with Gasteiger partial charge in [0, 0.05) is 12.6 Å². The first-order valence-corrected chi connectivity index (χ1v) is 3.53. The van der Waals surface area contributed by atoms with E-state index in [-0.39, 0.29) is 18.5 Å². The number of morpholine rings is 1. The second kappa shape index (κ2) is 3.05. The Hall–Kier alpha value is -0.0000000000000000416. The van der Waals surface area contributed by atoms with Crippen LogP contribution in [0.2, 0.25) is 0 Å². The average Bonchev–Trinajstić information content (AvgIpc) is 2.42. The standard InChI is InChI=1S/C6H8F3NO.ClH/c7-6(8,9)5-4-1-3(11-5)2-10-4;/h3-5,10H,1-2H2;1H/t3-,4+,5-;/m1./s1. The summed E-state index contributed by atoms with van der Waals surface area (Å²) >= 11 is 0. The first-order chi connectivity index (χ1) is 5.07. The van der Waals surface area contributed by atoms with Crippen LogP contribution in [0.4, 0.5) is 13.2 Å². The van der Waals surface area contributed by atoms with E-state index in [1.165, 1.54) is 0 Å². The normalized spacial score (nSPS) is 39.8. The molecule has 0 aromatic carbocycles. The fourth-order valence-electron chi connectivity index (χ4n) is 1.67. The third-order valence-corrected chi connectivity index (χ3v) is 2.15. The molecule has 3 atom stereocenters. The van der Waals surface area contributed by atoms with Gasteiger partial charge in [-0.05, 0) is 6.42 Å². The lowest BCUT2D eigenvalue weighted by molar-refractivity contribution is -0.225. The molecule has 0 spiro atoms. The van der Waals surface area contributed by atoms with E-state index in [1.54, 1.807) is 0 Å². The van der Waals surface area contributed by atoms with E-state index in [9.17, 15) is 13.2 Å². The van der Waals surface area contributed by atoms with Crippen LogP contribution in [0.3, 0.4) is 0 Å². The maximum atomic E-state index is 12.1. The minimum absolute atomic E-state index is 0. The Morgan fingerprint density at radius 2 is 2.00 bits per heavy atom. The molecule has 0 radical (unpaired) electrons. The highest BCUT2D eigenvalue weighted by Crippen LogP contribution is 2.36. The Kier molecular flexibility index (Phi) is 2.56. The molecule has 0 aliphatic carbocycles. The van der Waals surface area contributed by atoms with Crippen molar-refractivity contribution in [1.29, 1.82) is 0 Å². The zero-order valence-electron chi connectivity index (χ0n) is 6.10. The van der Waals surface area contributed by atoms with Crippen LogP contribution in [0.5, 0.6) is 0 Å². The van der Waals surface area contributed by atoms with E-state index in [0.717, 1.165) is 0 Å². The fraction of sp³-hybridized carbons (Fsp3) is 1.00. The molecular formula is C6H9ClF3NO. The summed E-state index contributed by atoms with van der Waals surface area (Å²) in [4.78, 5) is 0. The van der Waals surface area contributed by atoms with Crippen molar-refractivity contribution < 1.29 is 17.9 Å². The topological polar surface area (TPSA) is 21.3 Å². The maximum Gasteiger partial charge on any atom is 0.416 e. The summed E-state index contributed by atoms with van der Waals surface area (Å²) < 4.78 is 40.9. The number of rotatable bonds is 0. The molecule has 2 nitrogen and oxygen atoms in total. The number of nitrogens with one attached hydrogen (secondary N) is 1. The molecule has 2 fully saturated rings. The van der Waals surface area contributed by atoms with Crippen molar-refractivity contribution in [2.75, 3.05) is 6.54 Å². The Bertz CT molecular complexity index is 175. The molecule has 72 valence electrons. The molecule has 0 aromatic rings. The van der Waals surface area contributed by atoms with Gasteiger partial charge in [0.1, 0.15) is 0 Å². The highest BCUT2D eigenvalue weighted by Gasteiger charge is 2.54. The SMILES string of the molecule is Cl.FC(F)(F)[C@@H]1O[C@H]2CN[C@H]1C2. The van der Waals surface area contributed by atoms with Crippen LogP contribution in [0.15, 0.2) is 0 Å². The average molecular weight is 204 g/mol. The van der Waals surface area contributed by atoms with Gasteiger partial charge in [-0.15, -0.1) is 12.4 Å². The van der Waals surface area contributed by atoms with Gasteiger partial charge in [0.05, 0.1) is 6.10 Å². The molecule has 2 heterocycles. The predicted molar refractivity (Wildman–Crippen MR) is 38.4 cm³/mol. The van der Waals surface area contributed by atoms with Gasteiger partial charge in [-0.1, -0.05) is 0 Å². The van der Waals surface area contributed by atoms with Crippen molar-refractivity contribution >= 4 is 12.4 Å². The van der Waals surface area contributed by atoms with Gasteiger partial charge in [-0.2, -0.15) is 13.2 Å². The zero-order chi connectivity index (χ0) is 8.06. The summed E-state index contributed by atoms with van der Waals surface area (Å²) in [5, 5.41) is 2.77. The van der Waals surface area contributed by atoms with Crippen LogP contribution >= 0.6 is 12.4 Å². The molecule has 2 saturated heterocycles. The lowest BCUT2D eigenvalue weighted by Crippen LogP contribution is -2.47. The molecule has 1 N–H and O–H groups in total. The molecule has 12 heavy (non-hydrogen) atoms. The van der Waals surface area contributed by atoms with Crippen molar-refractivity contribution in [2.24, 2.45) is 0 Å². The van der Waals surface area contributed by atoms with Crippen molar-refractivity contribution in [2.45, 2.75) is 30.8 Å². The van der Waals surface area contributed by atoms with Crippen LogP contribution < -0.4 is 5.32 Å². The number of fused-ring (bicyclic) bond motifs is 2.